The van der Waals surface area contributed by atoms with Crippen molar-refractivity contribution < 1.29 is 18.3 Å². The van der Waals surface area contributed by atoms with Crippen molar-refractivity contribution in [2.75, 3.05) is 44.7 Å². The van der Waals surface area contributed by atoms with E-state index in [9.17, 15) is 13.6 Å². The molecule has 0 spiro atoms. The highest BCUT2D eigenvalue weighted by atomic mass is 19.1. The number of aromatic nitrogens is 2. The minimum Gasteiger partial charge on any atom is -0.446 e. The number of nitriles is 1. The van der Waals surface area contributed by atoms with E-state index in [-0.39, 0.29) is 29.3 Å². The van der Waals surface area contributed by atoms with Crippen LogP contribution in [0, 0.1) is 47.6 Å². The van der Waals surface area contributed by atoms with Crippen LogP contribution >= 0.6 is 0 Å². The number of nitrogens with zero attached hydrogens (tertiary/aromatic N) is 5. The van der Waals surface area contributed by atoms with Gasteiger partial charge < -0.3 is 24.4 Å². The van der Waals surface area contributed by atoms with E-state index in [1.807, 2.05) is 31.5 Å². The number of imidazole rings is 1. The fourth-order valence-corrected chi connectivity index (χ4v) is 8.26. The number of carbonyl (C=O) groups excluding carboxylic acids is 1. The topological polar surface area (TPSA) is 86.4 Å². The van der Waals surface area contributed by atoms with Crippen molar-refractivity contribution in [3.05, 3.63) is 83.4 Å². The minimum absolute atomic E-state index is 0.0305. The summed E-state index contributed by atoms with van der Waals surface area (Å²) in [5.74, 6) is 0.945. The standard InChI is InChI=1S/C35H42F2N6O2/c1-24-40-13-16-42(24)23-35(28-5-3-6-29(36)17-28,31-7-4-8-33(31)45-34(44)39-2)27-11-14-41(15-12-27)20-25-21-43(22-25)30-10-9-26(19-38)32(37)18-30/h3,5-6,9-10,13,16-18,25,27,31,33H,4,7-8,11-12,14-15,20-23H2,1-2H3,(H,39,44). The van der Waals surface area contributed by atoms with Crippen LogP contribution in [0.4, 0.5) is 19.3 Å². The molecule has 1 amide bonds. The number of nitrogens with one attached hydrogen (secondary N) is 1. The second-order valence-electron chi connectivity index (χ2n) is 13.0. The van der Waals surface area contributed by atoms with Crippen LogP contribution in [0.2, 0.25) is 0 Å². The quantitative estimate of drug-likeness (QED) is 0.334. The van der Waals surface area contributed by atoms with Gasteiger partial charge in [0.25, 0.3) is 0 Å². The van der Waals surface area contributed by atoms with E-state index < -0.39 is 17.3 Å². The molecule has 1 N–H and O–H groups in total. The van der Waals surface area contributed by atoms with Crippen LogP contribution in [0.25, 0.3) is 0 Å². The predicted octanol–water partition coefficient (Wildman–Crippen LogP) is 5.65. The molecule has 1 saturated carbocycles. The molecule has 2 aromatic carbocycles. The van der Waals surface area contributed by atoms with E-state index in [0.29, 0.717) is 12.5 Å². The summed E-state index contributed by atoms with van der Waals surface area (Å²) in [5.41, 5.74) is 1.40. The molecular formula is C35H42F2N6O2. The molecule has 2 saturated heterocycles. The molecule has 3 aliphatic rings. The summed E-state index contributed by atoms with van der Waals surface area (Å²) in [6, 6.07) is 13.8. The number of benzene rings is 2. The minimum atomic E-state index is -0.474. The predicted molar refractivity (Wildman–Crippen MR) is 168 cm³/mol. The third-order valence-electron chi connectivity index (χ3n) is 10.5. The summed E-state index contributed by atoms with van der Waals surface area (Å²) in [4.78, 5) is 21.7. The Morgan fingerprint density at radius 2 is 1.93 bits per heavy atom. The first-order chi connectivity index (χ1) is 21.8. The highest BCUT2D eigenvalue weighted by Crippen LogP contribution is 2.52. The molecule has 8 nitrogen and oxygen atoms in total. The van der Waals surface area contributed by atoms with E-state index >= 15 is 0 Å². The van der Waals surface area contributed by atoms with Gasteiger partial charge in [0.2, 0.25) is 0 Å². The van der Waals surface area contributed by atoms with Gasteiger partial charge >= 0.3 is 6.09 Å². The van der Waals surface area contributed by atoms with E-state index in [2.05, 4.69) is 30.7 Å². The van der Waals surface area contributed by atoms with Crippen molar-refractivity contribution in [2.45, 2.75) is 57.1 Å². The molecule has 0 radical (unpaired) electrons. The molecule has 1 aliphatic carbocycles. The first-order valence-electron chi connectivity index (χ1n) is 16.1. The smallest absolute Gasteiger partial charge is 0.407 e. The number of carbonyl (C=O) groups is 1. The van der Waals surface area contributed by atoms with Gasteiger partial charge in [-0.05, 0) is 93.9 Å². The number of amides is 1. The number of halogens is 2. The van der Waals surface area contributed by atoms with Gasteiger partial charge in [-0.3, -0.25) is 0 Å². The summed E-state index contributed by atoms with van der Waals surface area (Å²) >= 11 is 0. The maximum absolute atomic E-state index is 15.0. The second-order valence-corrected chi connectivity index (χ2v) is 13.0. The van der Waals surface area contributed by atoms with Crippen LogP contribution in [0.1, 0.15) is 49.1 Å². The van der Waals surface area contributed by atoms with Gasteiger partial charge in [-0.1, -0.05) is 12.1 Å². The summed E-state index contributed by atoms with van der Waals surface area (Å²) in [5, 5.41) is 11.7. The molecule has 3 heterocycles. The lowest BCUT2D eigenvalue weighted by atomic mass is 9.58. The van der Waals surface area contributed by atoms with E-state index in [1.165, 1.54) is 12.1 Å². The molecule has 3 fully saturated rings. The van der Waals surface area contributed by atoms with Gasteiger partial charge in [0.15, 0.2) is 0 Å². The second kappa shape index (κ2) is 13.2. The van der Waals surface area contributed by atoms with Crippen LogP contribution < -0.4 is 10.2 Å². The monoisotopic (exact) mass is 616 g/mol. The van der Waals surface area contributed by atoms with Crippen molar-refractivity contribution in [1.29, 1.82) is 5.26 Å². The number of alkyl carbamates (subject to hydrolysis) is 1. The summed E-state index contributed by atoms with van der Waals surface area (Å²) in [6.07, 6.45) is 7.68. The Morgan fingerprint density at radius 3 is 2.60 bits per heavy atom. The van der Waals surface area contributed by atoms with Gasteiger partial charge in [-0.25, -0.2) is 18.6 Å². The van der Waals surface area contributed by atoms with Gasteiger partial charge in [-0.2, -0.15) is 5.26 Å². The number of piperidine rings is 1. The van der Waals surface area contributed by atoms with Crippen molar-refractivity contribution in [3.63, 3.8) is 0 Å². The fraction of sp³-hybridized carbons (Fsp3) is 0.514. The van der Waals surface area contributed by atoms with E-state index in [0.717, 1.165) is 81.9 Å². The summed E-state index contributed by atoms with van der Waals surface area (Å²) in [6.45, 7) is 7.20. The number of rotatable bonds is 9. The lowest BCUT2D eigenvalue weighted by Gasteiger charge is -2.51. The average Bonchev–Trinajstić information content (AvgIpc) is 3.66. The molecule has 3 aromatic rings. The van der Waals surface area contributed by atoms with E-state index in [4.69, 9.17) is 10.00 Å². The van der Waals surface area contributed by atoms with Crippen molar-refractivity contribution in [3.8, 4) is 6.07 Å². The maximum atomic E-state index is 15.0. The Balaban J connectivity index is 1.22. The molecule has 1 aromatic heterocycles. The Labute approximate surface area is 264 Å². The molecule has 45 heavy (non-hydrogen) atoms. The third kappa shape index (κ3) is 6.28. The molecule has 3 unspecified atom stereocenters. The summed E-state index contributed by atoms with van der Waals surface area (Å²) < 4.78 is 37.3. The largest absolute Gasteiger partial charge is 0.446 e. The zero-order valence-electron chi connectivity index (χ0n) is 26.1. The molecule has 238 valence electrons. The number of hydrogen-bond donors (Lipinski definition) is 1. The van der Waals surface area contributed by atoms with Crippen LogP contribution in [-0.2, 0) is 16.7 Å². The highest BCUT2D eigenvalue weighted by molar-refractivity contribution is 5.67. The number of aryl methyl sites for hydroxylation is 1. The molecular weight excluding hydrogens is 574 g/mol. The molecule has 2 aliphatic heterocycles. The van der Waals surface area contributed by atoms with Crippen LogP contribution in [0.3, 0.4) is 0 Å². The number of hydrogen-bond acceptors (Lipinski definition) is 6. The lowest BCUT2D eigenvalue weighted by Crippen LogP contribution is -2.55. The normalized spacial score (nSPS) is 22.4. The highest BCUT2D eigenvalue weighted by Gasteiger charge is 2.53. The van der Waals surface area contributed by atoms with Gasteiger partial charge in [0, 0.05) is 68.6 Å². The molecule has 6 rings (SSSR count). The molecule has 3 atom stereocenters. The summed E-state index contributed by atoms with van der Waals surface area (Å²) in [7, 11) is 1.58. The molecule has 0 bridgehead atoms. The van der Waals surface area contributed by atoms with Crippen LogP contribution in [0.15, 0.2) is 54.9 Å². The zero-order valence-corrected chi connectivity index (χ0v) is 26.1. The first-order valence-corrected chi connectivity index (χ1v) is 16.1. The number of anilines is 1. The maximum Gasteiger partial charge on any atom is 0.407 e. The van der Waals surface area contributed by atoms with Crippen molar-refractivity contribution >= 4 is 11.8 Å². The van der Waals surface area contributed by atoms with Gasteiger partial charge in [0.1, 0.15) is 29.6 Å². The molecule has 10 heteroatoms. The Kier molecular flexibility index (Phi) is 9.09. The number of ether oxygens (including phenoxy) is 1. The Morgan fingerprint density at radius 1 is 1.13 bits per heavy atom. The lowest BCUT2D eigenvalue weighted by molar-refractivity contribution is 0.00168. The first kappa shape index (κ1) is 31.0. The SMILES string of the molecule is CNC(=O)OC1CCCC1C(Cn1ccnc1C)(c1cccc(F)c1)C1CCN(CC2CN(c3ccc(C#N)c(F)c3)C2)CC1. The average molecular weight is 617 g/mol. The van der Waals surface area contributed by atoms with E-state index in [1.54, 1.807) is 25.2 Å². The van der Waals surface area contributed by atoms with Crippen molar-refractivity contribution in [1.82, 2.24) is 19.8 Å². The Bertz CT molecular complexity index is 1540. The number of likely N-dealkylation sites (tertiary alicyclic amines) is 1. The van der Waals surface area contributed by atoms with Gasteiger partial charge in [-0.15, -0.1) is 0 Å². The van der Waals surface area contributed by atoms with Crippen LogP contribution in [0.5, 0.6) is 0 Å². The fourth-order valence-electron chi connectivity index (χ4n) is 8.26. The zero-order chi connectivity index (χ0) is 31.6. The Hall–Kier alpha value is -3.97. The van der Waals surface area contributed by atoms with Gasteiger partial charge in [0.05, 0.1) is 5.56 Å². The third-order valence-corrected chi connectivity index (χ3v) is 10.5. The van der Waals surface area contributed by atoms with Crippen molar-refractivity contribution in [2.24, 2.45) is 17.8 Å². The van der Waals surface area contributed by atoms with Crippen LogP contribution in [-0.4, -0.2) is 66.4 Å².